The van der Waals surface area contributed by atoms with Crippen LogP contribution >= 0.6 is 0 Å². The number of fused-ring (bicyclic) bond motifs is 3. The second-order valence-corrected chi connectivity index (χ2v) is 14.6. The number of hydrogen-bond acceptors (Lipinski definition) is 4. The molecule has 1 unspecified atom stereocenters. The fourth-order valence-electron chi connectivity index (χ4n) is 7.42. The standard InChI is InChI=1S/C44H49N3O/c1-7-44-46-42-25-36(15-17-43(42)48-44)30(5)21-39-22-31(6)40-16-14-35(24-41(40)45-39)29(4)20-32-8-10-33(11-9-32)26-47-19-18-37-23-34(28(2)3)12-13-38(37)27-47/h8-17,22-25,28-30H,7,18-21,26-27H2,1-6H3/t29-,30?/m1/s1. The van der Waals surface area contributed by atoms with Crippen LogP contribution in [0.5, 0.6) is 0 Å². The van der Waals surface area contributed by atoms with Gasteiger partial charge in [-0.2, -0.15) is 0 Å². The molecule has 0 radical (unpaired) electrons. The van der Waals surface area contributed by atoms with Gasteiger partial charge in [-0.25, -0.2) is 4.98 Å². The highest BCUT2D eigenvalue weighted by Crippen LogP contribution is 2.30. The third kappa shape index (κ3) is 6.96. The molecule has 246 valence electrons. The minimum atomic E-state index is 0.328. The fourth-order valence-corrected chi connectivity index (χ4v) is 7.42. The third-order valence-corrected chi connectivity index (χ3v) is 10.5. The molecule has 0 fully saturated rings. The Morgan fingerprint density at radius 3 is 2.19 bits per heavy atom. The summed E-state index contributed by atoms with van der Waals surface area (Å²) in [5, 5.41) is 1.24. The Bertz CT molecular complexity index is 2050. The SMILES string of the molecule is CCc1nc2cc(C(C)Cc3cc(C)c4ccc([C@H](C)Cc5ccc(CN6CCc7cc(C(C)C)ccc7C6)cc5)cc4n3)ccc2o1. The van der Waals surface area contributed by atoms with Crippen LogP contribution < -0.4 is 0 Å². The molecule has 0 saturated carbocycles. The van der Waals surface area contributed by atoms with Gasteiger partial charge in [0.15, 0.2) is 11.5 Å². The number of benzene rings is 4. The van der Waals surface area contributed by atoms with Crippen molar-refractivity contribution in [1.29, 1.82) is 0 Å². The van der Waals surface area contributed by atoms with Gasteiger partial charge in [0.1, 0.15) is 5.52 Å². The topological polar surface area (TPSA) is 42.2 Å². The van der Waals surface area contributed by atoms with E-state index in [-0.39, 0.29) is 0 Å². The molecule has 2 atom stereocenters. The van der Waals surface area contributed by atoms with Gasteiger partial charge in [-0.3, -0.25) is 9.88 Å². The lowest BCUT2D eigenvalue weighted by molar-refractivity contribution is 0.245. The van der Waals surface area contributed by atoms with Crippen LogP contribution in [0.4, 0.5) is 0 Å². The van der Waals surface area contributed by atoms with Gasteiger partial charge >= 0.3 is 0 Å². The molecule has 3 heterocycles. The van der Waals surface area contributed by atoms with E-state index in [1.54, 1.807) is 5.56 Å². The summed E-state index contributed by atoms with van der Waals surface area (Å²) < 4.78 is 5.83. The highest BCUT2D eigenvalue weighted by molar-refractivity contribution is 5.83. The van der Waals surface area contributed by atoms with Crippen molar-refractivity contribution >= 4 is 22.0 Å². The highest BCUT2D eigenvalue weighted by atomic mass is 16.3. The highest BCUT2D eigenvalue weighted by Gasteiger charge is 2.18. The molecule has 0 aliphatic carbocycles. The van der Waals surface area contributed by atoms with E-state index < -0.39 is 0 Å². The lowest BCUT2D eigenvalue weighted by Crippen LogP contribution is -2.30. The molecular weight excluding hydrogens is 587 g/mol. The van der Waals surface area contributed by atoms with Crippen molar-refractivity contribution in [3.8, 4) is 0 Å². The van der Waals surface area contributed by atoms with Gasteiger partial charge in [0.05, 0.1) is 5.52 Å². The summed E-state index contributed by atoms with van der Waals surface area (Å²) >= 11 is 0. The lowest BCUT2D eigenvalue weighted by Gasteiger charge is -2.29. The smallest absolute Gasteiger partial charge is 0.195 e. The van der Waals surface area contributed by atoms with Crippen LogP contribution in [0.1, 0.15) is 108 Å². The quantitative estimate of drug-likeness (QED) is 0.150. The van der Waals surface area contributed by atoms with E-state index in [9.17, 15) is 0 Å². The average Bonchev–Trinajstić information content (AvgIpc) is 3.51. The van der Waals surface area contributed by atoms with Crippen molar-refractivity contribution in [1.82, 2.24) is 14.9 Å². The summed E-state index contributed by atoms with van der Waals surface area (Å²) in [5.74, 6) is 2.12. The Morgan fingerprint density at radius 2 is 1.42 bits per heavy atom. The lowest BCUT2D eigenvalue weighted by atomic mass is 9.91. The van der Waals surface area contributed by atoms with Crippen LogP contribution in [0, 0.1) is 6.92 Å². The van der Waals surface area contributed by atoms with Crippen LogP contribution in [0.3, 0.4) is 0 Å². The maximum absolute atomic E-state index is 5.83. The van der Waals surface area contributed by atoms with Crippen LogP contribution in [-0.4, -0.2) is 21.4 Å². The maximum atomic E-state index is 5.83. The summed E-state index contributed by atoms with van der Waals surface area (Å²) in [5.41, 5.74) is 15.2. The van der Waals surface area contributed by atoms with Crippen molar-refractivity contribution in [3.05, 3.63) is 141 Å². The minimum Gasteiger partial charge on any atom is -0.441 e. The van der Waals surface area contributed by atoms with E-state index in [1.165, 1.54) is 44.3 Å². The first-order chi connectivity index (χ1) is 23.2. The molecule has 48 heavy (non-hydrogen) atoms. The Hall–Kier alpha value is -4.28. The summed E-state index contributed by atoms with van der Waals surface area (Å²) in [6.45, 7) is 16.6. The van der Waals surface area contributed by atoms with Gasteiger partial charge in [0.25, 0.3) is 0 Å². The van der Waals surface area contributed by atoms with E-state index >= 15 is 0 Å². The Labute approximate surface area is 286 Å². The number of oxazole rings is 1. The maximum Gasteiger partial charge on any atom is 0.195 e. The van der Waals surface area contributed by atoms with E-state index in [0.29, 0.717) is 17.8 Å². The fraction of sp³-hybridized carbons (Fsp3) is 0.364. The number of pyridine rings is 1. The molecule has 0 saturated heterocycles. The molecule has 4 nitrogen and oxygen atoms in total. The number of nitrogens with zero attached hydrogens (tertiary/aromatic N) is 3. The van der Waals surface area contributed by atoms with Gasteiger partial charge < -0.3 is 4.42 Å². The Balaban J connectivity index is 0.998. The van der Waals surface area contributed by atoms with Gasteiger partial charge in [-0.15, -0.1) is 0 Å². The minimum absolute atomic E-state index is 0.328. The summed E-state index contributed by atoms with van der Waals surface area (Å²) in [4.78, 5) is 12.4. The third-order valence-electron chi connectivity index (χ3n) is 10.5. The number of aromatic nitrogens is 2. The molecule has 6 aromatic rings. The first-order valence-corrected chi connectivity index (χ1v) is 17.9. The molecule has 0 amide bonds. The molecule has 4 heteroatoms. The average molecular weight is 636 g/mol. The van der Waals surface area contributed by atoms with Gasteiger partial charge in [-0.1, -0.05) is 95.3 Å². The molecule has 0 N–H and O–H groups in total. The van der Waals surface area contributed by atoms with Crippen molar-refractivity contribution in [2.75, 3.05) is 6.54 Å². The van der Waals surface area contributed by atoms with Crippen molar-refractivity contribution in [2.45, 2.75) is 98.1 Å². The van der Waals surface area contributed by atoms with E-state index in [1.807, 2.05) is 0 Å². The van der Waals surface area contributed by atoms with Crippen LogP contribution in [-0.2, 0) is 38.8 Å². The molecule has 7 rings (SSSR count). The largest absolute Gasteiger partial charge is 0.441 e. The van der Waals surface area contributed by atoms with E-state index in [0.717, 1.165) is 73.5 Å². The molecule has 4 aromatic carbocycles. The zero-order valence-electron chi connectivity index (χ0n) is 29.5. The normalized spacial score (nSPS) is 14.9. The first kappa shape index (κ1) is 32.3. The number of rotatable bonds is 10. The molecule has 2 aromatic heterocycles. The number of hydrogen-bond donors (Lipinski definition) is 0. The number of aryl methyl sites for hydroxylation is 2. The van der Waals surface area contributed by atoms with E-state index in [4.69, 9.17) is 9.40 Å². The zero-order valence-corrected chi connectivity index (χ0v) is 29.5. The molecule has 0 bridgehead atoms. The monoisotopic (exact) mass is 635 g/mol. The molecule has 0 spiro atoms. The summed E-state index contributed by atoms with van der Waals surface area (Å²) in [6.07, 6.45) is 3.85. The van der Waals surface area contributed by atoms with Crippen LogP contribution in [0.25, 0.3) is 22.0 Å². The Morgan fingerprint density at radius 1 is 0.708 bits per heavy atom. The van der Waals surface area contributed by atoms with Crippen LogP contribution in [0.2, 0.25) is 0 Å². The zero-order chi connectivity index (χ0) is 33.4. The summed E-state index contributed by atoms with van der Waals surface area (Å²) in [6, 6.07) is 32.0. The second kappa shape index (κ2) is 13.7. The van der Waals surface area contributed by atoms with Gasteiger partial charge in [-0.05, 0) is 113 Å². The Kier molecular flexibility index (Phi) is 9.20. The summed E-state index contributed by atoms with van der Waals surface area (Å²) in [7, 11) is 0. The van der Waals surface area contributed by atoms with Crippen molar-refractivity contribution in [3.63, 3.8) is 0 Å². The predicted molar refractivity (Wildman–Crippen MR) is 199 cm³/mol. The van der Waals surface area contributed by atoms with Crippen LogP contribution in [0.15, 0.2) is 89.3 Å². The molecule has 1 aliphatic heterocycles. The molecular formula is C44H49N3O. The van der Waals surface area contributed by atoms with E-state index in [2.05, 4.69) is 136 Å². The predicted octanol–water partition coefficient (Wildman–Crippen LogP) is 10.6. The molecule has 1 aliphatic rings. The van der Waals surface area contributed by atoms with Gasteiger partial charge in [0, 0.05) is 37.1 Å². The van der Waals surface area contributed by atoms with Crippen molar-refractivity contribution in [2.24, 2.45) is 0 Å². The van der Waals surface area contributed by atoms with Gasteiger partial charge in [0.2, 0.25) is 0 Å². The second-order valence-electron chi connectivity index (χ2n) is 14.6. The first-order valence-electron chi connectivity index (χ1n) is 17.9. The van der Waals surface area contributed by atoms with Crippen molar-refractivity contribution < 1.29 is 4.42 Å².